The summed E-state index contributed by atoms with van der Waals surface area (Å²) in [7, 11) is 0. The van der Waals surface area contributed by atoms with Crippen LogP contribution in [0.3, 0.4) is 0 Å². The Morgan fingerprint density at radius 1 is 1.58 bits per heavy atom. The zero-order chi connectivity index (χ0) is 9.14. The maximum atomic E-state index is 5.78. The van der Waals surface area contributed by atoms with Crippen LogP contribution in [0.25, 0.3) is 0 Å². The average molecular weight is 205 g/mol. The fraction of sp³-hybridized carbons (Fsp3) is 0.375. The molecule has 66 valence electrons. The van der Waals surface area contributed by atoms with Crippen LogP contribution in [-0.4, -0.2) is 11.5 Å². The first-order chi connectivity index (χ1) is 5.65. The average Bonchev–Trinajstić information content (AvgIpc) is 2.08. The van der Waals surface area contributed by atoms with Crippen molar-refractivity contribution in [1.29, 1.82) is 0 Å². The lowest BCUT2D eigenvalue weighted by atomic mass is 10.0. The number of rotatable bonds is 2. The number of hydrogen-bond donors (Lipinski definition) is 1. The van der Waals surface area contributed by atoms with E-state index in [1.807, 2.05) is 6.92 Å². The van der Waals surface area contributed by atoms with E-state index in [4.69, 9.17) is 28.9 Å². The predicted octanol–water partition coefficient (Wildman–Crippen LogP) is 2.45. The van der Waals surface area contributed by atoms with Crippen LogP contribution in [0.15, 0.2) is 12.3 Å². The summed E-state index contributed by atoms with van der Waals surface area (Å²) < 4.78 is 0. The highest BCUT2D eigenvalue weighted by Gasteiger charge is 2.06. The summed E-state index contributed by atoms with van der Waals surface area (Å²) in [4.78, 5) is 3.93. The summed E-state index contributed by atoms with van der Waals surface area (Å²) in [5, 5.41) is 0.819. The van der Waals surface area contributed by atoms with Gasteiger partial charge >= 0.3 is 0 Å². The van der Waals surface area contributed by atoms with Gasteiger partial charge in [-0.25, -0.2) is 4.98 Å². The molecule has 0 amide bonds. The fourth-order valence-electron chi connectivity index (χ4n) is 0.842. The third-order valence-electron chi connectivity index (χ3n) is 1.74. The van der Waals surface area contributed by atoms with E-state index in [1.54, 1.807) is 12.3 Å². The van der Waals surface area contributed by atoms with Crippen LogP contribution in [0.2, 0.25) is 10.2 Å². The number of pyridine rings is 1. The van der Waals surface area contributed by atoms with E-state index in [0.717, 1.165) is 5.56 Å². The van der Waals surface area contributed by atoms with Gasteiger partial charge in [-0.1, -0.05) is 30.1 Å². The lowest BCUT2D eigenvalue weighted by Crippen LogP contribution is -2.09. The van der Waals surface area contributed by atoms with Gasteiger partial charge < -0.3 is 5.73 Å². The van der Waals surface area contributed by atoms with Gasteiger partial charge in [0.25, 0.3) is 0 Å². The monoisotopic (exact) mass is 204 g/mol. The van der Waals surface area contributed by atoms with Gasteiger partial charge in [0.15, 0.2) is 0 Å². The first-order valence-electron chi connectivity index (χ1n) is 3.66. The molecule has 0 saturated heterocycles. The zero-order valence-electron chi connectivity index (χ0n) is 6.72. The Labute approximate surface area is 81.7 Å². The van der Waals surface area contributed by atoms with Gasteiger partial charge in [-0.3, -0.25) is 0 Å². The van der Waals surface area contributed by atoms with Gasteiger partial charge in [0, 0.05) is 6.20 Å². The molecule has 1 aromatic heterocycles. The summed E-state index contributed by atoms with van der Waals surface area (Å²) >= 11 is 11.4. The van der Waals surface area contributed by atoms with Crippen LogP contribution in [0.5, 0.6) is 0 Å². The van der Waals surface area contributed by atoms with Crippen LogP contribution in [0, 0.1) is 0 Å². The van der Waals surface area contributed by atoms with Crippen molar-refractivity contribution in [1.82, 2.24) is 4.98 Å². The Hall–Kier alpha value is -0.310. The molecule has 0 fully saturated rings. The summed E-state index contributed by atoms with van der Waals surface area (Å²) in [5.41, 5.74) is 6.51. The predicted molar refractivity (Wildman–Crippen MR) is 51.7 cm³/mol. The van der Waals surface area contributed by atoms with Crippen molar-refractivity contribution in [3.8, 4) is 0 Å². The lowest BCUT2D eigenvalue weighted by Gasteiger charge is -2.08. The molecule has 0 bridgehead atoms. The molecule has 12 heavy (non-hydrogen) atoms. The van der Waals surface area contributed by atoms with E-state index < -0.39 is 0 Å². The van der Waals surface area contributed by atoms with Gasteiger partial charge in [0.1, 0.15) is 5.15 Å². The first kappa shape index (κ1) is 9.78. The van der Waals surface area contributed by atoms with Gasteiger partial charge in [0.2, 0.25) is 0 Å². The summed E-state index contributed by atoms with van der Waals surface area (Å²) in [6, 6.07) is 1.80. The van der Waals surface area contributed by atoms with E-state index in [-0.39, 0.29) is 5.92 Å². The zero-order valence-corrected chi connectivity index (χ0v) is 8.23. The van der Waals surface area contributed by atoms with E-state index in [2.05, 4.69) is 4.98 Å². The first-order valence-corrected chi connectivity index (χ1v) is 4.41. The van der Waals surface area contributed by atoms with Gasteiger partial charge in [-0.2, -0.15) is 0 Å². The molecule has 2 N–H and O–H groups in total. The topological polar surface area (TPSA) is 38.9 Å². The molecular weight excluding hydrogens is 195 g/mol. The molecule has 0 aliphatic heterocycles. The summed E-state index contributed by atoms with van der Waals surface area (Å²) in [6.45, 7) is 2.60. The summed E-state index contributed by atoms with van der Waals surface area (Å²) in [5.74, 6) is 0.271. The quantitative estimate of drug-likeness (QED) is 0.753. The molecule has 0 aromatic carbocycles. The van der Waals surface area contributed by atoms with Gasteiger partial charge in [-0.05, 0) is 24.1 Å². The highest BCUT2D eigenvalue weighted by Crippen LogP contribution is 2.23. The number of hydrogen-bond acceptors (Lipinski definition) is 2. The lowest BCUT2D eigenvalue weighted by molar-refractivity contribution is 0.769. The molecule has 0 saturated carbocycles. The molecule has 1 heterocycles. The Bertz CT molecular complexity index is 276. The van der Waals surface area contributed by atoms with Crippen LogP contribution in [0.4, 0.5) is 0 Å². The highest BCUT2D eigenvalue weighted by molar-refractivity contribution is 6.41. The molecule has 1 atom stereocenters. The van der Waals surface area contributed by atoms with E-state index in [9.17, 15) is 0 Å². The summed E-state index contributed by atoms with van der Waals surface area (Å²) in [6.07, 6.45) is 1.70. The van der Waals surface area contributed by atoms with Gasteiger partial charge in [0.05, 0.1) is 5.02 Å². The van der Waals surface area contributed by atoms with Crippen LogP contribution < -0.4 is 5.73 Å². The molecule has 0 aliphatic rings. The molecular formula is C8H10Cl2N2. The Balaban J connectivity index is 2.96. The third kappa shape index (κ3) is 2.09. The van der Waals surface area contributed by atoms with E-state index in [0.29, 0.717) is 16.7 Å². The smallest absolute Gasteiger partial charge is 0.147 e. The second-order valence-corrected chi connectivity index (χ2v) is 3.44. The molecule has 4 heteroatoms. The second kappa shape index (κ2) is 4.08. The Morgan fingerprint density at radius 2 is 2.25 bits per heavy atom. The Morgan fingerprint density at radius 3 is 2.75 bits per heavy atom. The van der Waals surface area contributed by atoms with Crippen molar-refractivity contribution >= 4 is 23.2 Å². The van der Waals surface area contributed by atoms with Crippen LogP contribution >= 0.6 is 23.2 Å². The molecule has 0 radical (unpaired) electrons. The van der Waals surface area contributed by atoms with Crippen molar-refractivity contribution in [3.63, 3.8) is 0 Å². The number of halogens is 2. The van der Waals surface area contributed by atoms with E-state index >= 15 is 0 Å². The van der Waals surface area contributed by atoms with Gasteiger partial charge in [-0.15, -0.1) is 0 Å². The minimum atomic E-state index is 0.271. The molecule has 0 aliphatic carbocycles. The number of nitrogens with zero attached hydrogens (tertiary/aromatic N) is 1. The van der Waals surface area contributed by atoms with Crippen LogP contribution in [-0.2, 0) is 0 Å². The van der Waals surface area contributed by atoms with Crippen LogP contribution in [0.1, 0.15) is 18.4 Å². The Kier molecular flexibility index (Phi) is 3.32. The number of aromatic nitrogens is 1. The van der Waals surface area contributed by atoms with Crippen molar-refractivity contribution in [2.45, 2.75) is 12.8 Å². The number of nitrogens with two attached hydrogens (primary N) is 1. The molecule has 2 nitrogen and oxygen atoms in total. The molecule has 0 spiro atoms. The van der Waals surface area contributed by atoms with Crippen molar-refractivity contribution in [2.75, 3.05) is 6.54 Å². The van der Waals surface area contributed by atoms with Crippen molar-refractivity contribution in [2.24, 2.45) is 5.73 Å². The highest BCUT2D eigenvalue weighted by atomic mass is 35.5. The third-order valence-corrected chi connectivity index (χ3v) is 2.43. The fourth-order valence-corrected chi connectivity index (χ4v) is 1.12. The standard InChI is InChI=1S/C8H10Cl2N2/c1-5(3-11)6-2-7(9)8(10)12-4-6/h2,4-5H,3,11H2,1H3. The van der Waals surface area contributed by atoms with E-state index in [1.165, 1.54) is 0 Å². The largest absolute Gasteiger partial charge is 0.330 e. The maximum Gasteiger partial charge on any atom is 0.147 e. The second-order valence-electron chi connectivity index (χ2n) is 2.68. The minimum absolute atomic E-state index is 0.271. The normalized spacial score (nSPS) is 13.0. The molecule has 1 rings (SSSR count). The minimum Gasteiger partial charge on any atom is -0.330 e. The van der Waals surface area contributed by atoms with Crippen molar-refractivity contribution in [3.05, 3.63) is 28.0 Å². The SMILES string of the molecule is CC(CN)c1cnc(Cl)c(Cl)c1. The molecule has 1 aromatic rings. The maximum absolute atomic E-state index is 5.78. The molecule has 1 unspecified atom stereocenters. The van der Waals surface area contributed by atoms with Crippen molar-refractivity contribution < 1.29 is 0 Å².